The molecule has 5 nitrogen and oxygen atoms in total. The normalized spacial score (nSPS) is 18.7. The minimum absolute atomic E-state index is 0.0926. The minimum Gasteiger partial charge on any atom is -0.493 e. The van der Waals surface area contributed by atoms with Crippen molar-refractivity contribution in [2.24, 2.45) is 5.92 Å². The summed E-state index contributed by atoms with van der Waals surface area (Å²) in [5.74, 6) is 2.71. The zero-order chi connectivity index (χ0) is 20.9. The first kappa shape index (κ1) is 20.9. The number of nitrogens with zero attached hydrogens (tertiary/aromatic N) is 2. The second-order valence-corrected chi connectivity index (χ2v) is 8.38. The van der Waals surface area contributed by atoms with Crippen LogP contribution in [0.2, 0.25) is 0 Å². The zero-order valence-corrected chi connectivity index (χ0v) is 17.9. The van der Waals surface area contributed by atoms with Crippen molar-refractivity contribution < 1.29 is 18.6 Å². The van der Waals surface area contributed by atoms with E-state index in [2.05, 4.69) is 16.8 Å². The van der Waals surface area contributed by atoms with E-state index in [1.54, 1.807) is 19.2 Å². The number of hydrogen-bond acceptors (Lipinski definition) is 5. The van der Waals surface area contributed by atoms with E-state index in [4.69, 9.17) is 14.2 Å². The zero-order valence-electron chi connectivity index (χ0n) is 17.9. The van der Waals surface area contributed by atoms with Gasteiger partial charge < -0.3 is 24.0 Å². The molecule has 2 heterocycles. The molecule has 162 valence electrons. The van der Waals surface area contributed by atoms with Crippen molar-refractivity contribution in [1.82, 2.24) is 9.80 Å². The average molecular weight is 415 g/mol. The maximum Gasteiger partial charge on any atom is 0.231 e. The van der Waals surface area contributed by atoms with Crippen molar-refractivity contribution in [3.63, 3.8) is 0 Å². The predicted molar refractivity (Wildman–Crippen MR) is 115 cm³/mol. The average Bonchev–Trinajstić information content (AvgIpc) is 3.21. The minimum atomic E-state index is -0.0926. The molecule has 0 saturated carbocycles. The second kappa shape index (κ2) is 9.67. The lowest BCUT2D eigenvalue weighted by molar-refractivity contribution is 0.142. The molecule has 0 N–H and O–H groups in total. The molecule has 6 heteroatoms. The highest BCUT2D eigenvalue weighted by molar-refractivity contribution is 5.55. The van der Waals surface area contributed by atoms with Gasteiger partial charge in [0.1, 0.15) is 5.82 Å². The van der Waals surface area contributed by atoms with Crippen LogP contribution in [0.1, 0.15) is 24.0 Å². The van der Waals surface area contributed by atoms with E-state index < -0.39 is 0 Å². The molecule has 1 atom stereocenters. The number of fused-ring (bicyclic) bond motifs is 1. The Morgan fingerprint density at radius 1 is 1.23 bits per heavy atom. The van der Waals surface area contributed by atoms with Gasteiger partial charge in [0.2, 0.25) is 12.5 Å². The predicted octanol–water partition coefficient (Wildman–Crippen LogP) is 3.95. The Morgan fingerprint density at radius 2 is 2.10 bits per heavy atom. The highest BCUT2D eigenvalue weighted by Gasteiger charge is 2.23. The summed E-state index contributed by atoms with van der Waals surface area (Å²) >= 11 is 0. The molecular formula is C24H31FN2O3. The Labute approximate surface area is 178 Å². The van der Waals surface area contributed by atoms with Gasteiger partial charge in [-0.2, -0.15) is 0 Å². The van der Waals surface area contributed by atoms with Crippen LogP contribution < -0.4 is 14.2 Å². The van der Waals surface area contributed by atoms with E-state index in [1.807, 2.05) is 24.3 Å². The van der Waals surface area contributed by atoms with E-state index in [0.29, 0.717) is 11.7 Å². The second-order valence-electron chi connectivity index (χ2n) is 8.38. The molecule has 0 aromatic heterocycles. The van der Waals surface area contributed by atoms with Crippen molar-refractivity contribution in [3.8, 4) is 17.2 Å². The fraction of sp³-hybridized carbons (Fsp3) is 0.500. The third kappa shape index (κ3) is 5.05. The third-order valence-corrected chi connectivity index (χ3v) is 6.00. The molecular weight excluding hydrogens is 383 g/mol. The SMILES string of the molecule is COc1cc(CN(C)CC2CCCN(CCc3ccccc3F)C2)cc2c1OCO2. The number of rotatable bonds is 8. The van der Waals surface area contributed by atoms with Crippen molar-refractivity contribution in [2.45, 2.75) is 25.8 Å². The van der Waals surface area contributed by atoms with Crippen molar-refractivity contribution in [3.05, 3.63) is 53.3 Å². The smallest absolute Gasteiger partial charge is 0.231 e. The number of likely N-dealkylation sites (tertiary alicyclic amines) is 1. The van der Waals surface area contributed by atoms with Crippen molar-refractivity contribution >= 4 is 0 Å². The van der Waals surface area contributed by atoms with E-state index in [0.717, 1.165) is 61.8 Å². The number of methoxy groups -OCH3 is 1. The van der Waals surface area contributed by atoms with Crippen LogP contribution in [0.5, 0.6) is 17.2 Å². The molecule has 0 bridgehead atoms. The Balaban J connectivity index is 1.29. The van der Waals surface area contributed by atoms with Gasteiger partial charge in [0.15, 0.2) is 11.5 Å². The van der Waals surface area contributed by atoms with Gasteiger partial charge in [-0.05, 0) is 68.1 Å². The molecule has 30 heavy (non-hydrogen) atoms. The fourth-order valence-corrected chi connectivity index (χ4v) is 4.58. The molecule has 2 aromatic rings. The lowest BCUT2D eigenvalue weighted by atomic mass is 9.97. The summed E-state index contributed by atoms with van der Waals surface area (Å²) in [5.41, 5.74) is 1.97. The van der Waals surface area contributed by atoms with Crippen LogP contribution >= 0.6 is 0 Å². The van der Waals surface area contributed by atoms with E-state index in [-0.39, 0.29) is 12.6 Å². The number of benzene rings is 2. The molecule has 0 radical (unpaired) electrons. The molecule has 0 amide bonds. The topological polar surface area (TPSA) is 34.2 Å². The van der Waals surface area contributed by atoms with Crippen LogP contribution in [0, 0.1) is 11.7 Å². The highest BCUT2D eigenvalue weighted by Crippen LogP contribution is 2.42. The summed E-state index contributed by atoms with van der Waals surface area (Å²) in [6.45, 7) is 5.21. The third-order valence-electron chi connectivity index (χ3n) is 6.00. The van der Waals surface area contributed by atoms with Crippen molar-refractivity contribution in [2.75, 3.05) is 47.1 Å². The van der Waals surface area contributed by atoms with E-state index in [9.17, 15) is 4.39 Å². The van der Waals surface area contributed by atoms with Crippen LogP contribution in [0.25, 0.3) is 0 Å². The van der Waals surface area contributed by atoms with Crippen molar-refractivity contribution in [1.29, 1.82) is 0 Å². The van der Waals surface area contributed by atoms with Crippen LogP contribution in [0.3, 0.4) is 0 Å². The van der Waals surface area contributed by atoms with Gasteiger partial charge in [0.05, 0.1) is 7.11 Å². The Morgan fingerprint density at radius 3 is 2.93 bits per heavy atom. The number of ether oxygens (including phenoxy) is 3. The lowest BCUT2D eigenvalue weighted by Crippen LogP contribution is -2.40. The summed E-state index contributed by atoms with van der Waals surface area (Å²) in [7, 11) is 3.82. The number of halogens is 1. The van der Waals surface area contributed by atoms with Gasteiger partial charge >= 0.3 is 0 Å². The molecule has 0 aliphatic carbocycles. The Bertz CT molecular complexity index is 860. The van der Waals surface area contributed by atoms with Crippen LogP contribution in [-0.2, 0) is 13.0 Å². The summed E-state index contributed by atoms with van der Waals surface area (Å²) in [4.78, 5) is 4.85. The molecule has 2 aromatic carbocycles. The van der Waals surface area contributed by atoms with E-state index >= 15 is 0 Å². The highest BCUT2D eigenvalue weighted by atomic mass is 19.1. The molecule has 0 spiro atoms. The Hall–Kier alpha value is -2.31. The maximum absolute atomic E-state index is 13.9. The lowest BCUT2D eigenvalue weighted by Gasteiger charge is -2.34. The number of hydrogen-bond donors (Lipinski definition) is 0. The molecule has 1 fully saturated rings. The quantitative estimate of drug-likeness (QED) is 0.653. The van der Waals surface area contributed by atoms with Crippen LogP contribution in [0.15, 0.2) is 36.4 Å². The van der Waals surface area contributed by atoms with Gasteiger partial charge in [-0.3, -0.25) is 0 Å². The largest absolute Gasteiger partial charge is 0.493 e. The molecule has 4 rings (SSSR count). The first-order valence-electron chi connectivity index (χ1n) is 10.7. The van der Waals surface area contributed by atoms with Gasteiger partial charge in [-0.1, -0.05) is 18.2 Å². The Kier molecular flexibility index (Phi) is 6.75. The molecule has 2 aliphatic heterocycles. The summed E-state index contributed by atoms with van der Waals surface area (Å²) in [5, 5.41) is 0. The van der Waals surface area contributed by atoms with Gasteiger partial charge in [0.25, 0.3) is 0 Å². The monoisotopic (exact) mass is 414 g/mol. The summed E-state index contributed by atoms with van der Waals surface area (Å²) in [6, 6.07) is 11.2. The first-order valence-corrected chi connectivity index (χ1v) is 10.7. The van der Waals surface area contributed by atoms with Gasteiger partial charge in [0, 0.05) is 26.2 Å². The molecule has 1 saturated heterocycles. The summed E-state index contributed by atoms with van der Waals surface area (Å²) in [6.07, 6.45) is 3.21. The standard InChI is InChI=1S/C24H31FN2O3/c1-26(15-19-12-22(28-2)24-23(13-19)29-17-30-24)14-18-6-5-10-27(16-18)11-9-20-7-3-4-8-21(20)25/h3-4,7-8,12-13,18H,5-6,9-11,14-17H2,1-2H3. The molecule has 1 unspecified atom stereocenters. The van der Waals surface area contributed by atoms with Gasteiger partial charge in [-0.25, -0.2) is 4.39 Å². The van der Waals surface area contributed by atoms with Crippen LogP contribution in [0.4, 0.5) is 4.39 Å². The van der Waals surface area contributed by atoms with Gasteiger partial charge in [-0.15, -0.1) is 0 Å². The fourth-order valence-electron chi connectivity index (χ4n) is 4.58. The van der Waals surface area contributed by atoms with E-state index in [1.165, 1.54) is 12.8 Å². The maximum atomic E-state index is 13.9. The first-order chi connectivity index (χ1) is 14.6. The molecule has 2 aliphatic rings. The summed E-state index contributed by atoms with van der Waals surface area (Å²) < 4.78 is 30.4. The van der Waals surface area contributed by atoms with Crippen LogP contribution in [-0.4, -0.2) is 56.9 Å². The number of piperidine rings is 1.